The third-order valence-electron chi connectivity index (χ3n) is 5.03. The quantitative estimate of drug-likeness (QED) is 0.522. The highest BCUT2D eigenvalue weighted by Crippen LogP contribution is 2.27. The molecule has 8 nitrogen and oxygen atoms in total. The highest BCUT2D eigenvalue weighted by Gasteiger charge is 2.21. The molecule has 0 fully saturated rings. The number of rotatable bonds is 6. The van der Waals surface area contributed by atoms with Gasteiger partial charge in [0.1, 0.15) is 11.4 Å². The number of aryl methyl sites for hydroxylation is 2. The number of nitrogens with zero attached hydrogens (tertiary/aromatic N) is 4. The van der Waals surface area contributed by atoms with Crippen LogP contribution in [0.5, 0.6) is 5.75 Å². The molecule has 0 aliphatic rings. The lowest BCUT2D eigenvalue weighted by atomic mass is 10.1. The van der Waals surface area contributed by atoms with Crippen molar-refractivity contribution in [2.45, 2.75) is 33.4 Å². The highest BCUT2D eigenvalue weighted by molar-refractivity contribution is 6.07. The second-order valence-corrected chi connectivity index (χ2v) is 7.03. The van der Waals surface area contributed by atoms with Gasteiger partial charge < -0.3 is 14.6 Å². The smallest absolute Gasteiger partial charge is 0.259 e. The Labute approximate surface area is 173 Å². The van der Waals surface area contributed by atoms with E-state index < -0.39 is 0 Å². The second kappa shape index (κ2) is 7.98. The summed E-state index contributed by atoms with van der Waals surface area (Å²) in [4.78, 5) is 17.7. The number of hydrogen-bond acceptors (Lipinski definition) is 6. The Morgan fingerprint density at radius 2 is 2.10 bits per heavy atom. The summed E-state index contributed by atoms with van der Waals surface area (Å²) in [5.41, 5.74) is 3.55. The van der Waals surface area contributed by atoms with Crippen molar-refractivity contribution in [3.63, 3.8) is 0 Å². The molecule has 0 spiro atoms. The zero-order valence-corrected chi connectivity index (χ0v) is 17.3. The van der Waals surface area contributed by atoms with Gasteiger partial charge in [0.05, 0.1) is 35.5 Å². The Morgan fingerprint density at radius 1 is 1.27 bits per heavy atom. The number of carbonyl (C=O) groups excluding carboxylic acids is 1. The van der Waals surface area contributed by atoms with Gasteiger partial charge in [-0.15, -0.1) is 0 Å². The van der Waals surface area contributed by atoms with Gasteiger partial charge in [-0.3, -0.25) is 9.48 Å². The van der Waals surface area contributed by atoms with Crippen LogP contribution >= 0.6 is 0 Å². The summed E-state index contributed by atoms with van der Waals surface area (Å²) < 4.78 is 12.4. The number of fused-ring (bicyclic) bond motifs is 1. The number of methoxy groups -OCH3 is 1. The number of nitrogens with one attached hydrogen (secondary N) is 1. The van der Waals surface area contributed by atoms with E-state index in [4.69, 9.17) is 9.26 Å². The van der Waals surface area contributed by atoms with Crippen LogP contribution in [0.2, 0.25) is 0 Å². The first kappa shape index (κ1) is 19.6. The van der Waals surface area contributed by atoms with Crippen LogP contribution in [-0.4, -0.2) is 32.9 Å². The number of hydrogen-bond donors (Lipinski definition) is 1. The number of pyridine rings is 1. The fraction of sp³-hybridized carbons (Fsp3) is 0.273. The van der Waals surface area contributed by atoms with Crippen LogP contribution in [0.3, 0.4) is 0 Å². The second-order valence-electron chi connectivity index (χ2n) is 7.03. The fourth-order valence-electron chi connectivity index (χ4n) is 3.35. The molecule has 0 saturated carbocycles. The number of aromatic nitrogens is 4. The van der Waals surface area contributed by atoms with E-state index in [2.05, 4.69) is 20.6 Å². The van der Waals surface area contributed by atoms with E-state index in [1.54, 1.807) is 24.8 Å². The molecule has 154 valence electrons. The van der Waals surface area contributed by atoms with Gasteiger partial charge >= 0.3 is 0 Å². The molecule has 0 radical (unpaired) electrons. The summed E-state index contributed by atoms with van der Waals surface area (Å²) in [6.45, 7) is 6.47. The Bertz CT molecular complexity index is 1210. The van der Waals surface area contributed by atoms with Crippen molar-refractivity contribution in [1.29, 1.82) is 0 Å². The van der Waals surface area contributed by atoms with Gasteiger partial charge in [-0.25, -0.2) is 4.98 Å². The SMILES string of the molecule is CCn1ccc(-c2cc(C(=O)N[C@@H](C)c3cccc(OC)c3)c3c(C)noc3n2)n1. The Kier molecular flexibility index (Phi) is 5.22. The molecule has 3 aromatic heterocycles. The van der Waals surface area contributed by atoms with Crippen LogP contribution in [0.25, 0.3) is 22.5 Å². The van der Waals surface area contributed by atoms with Crippen molar-refractivity contribution in [3.05, 3.63) is 59.4 Å². The summed E-state index contributed by atoms with van der Waals surface area (Å²) >= 11 is 0. The molecular formula is C22H23N5O3. The van der Waals surface area contributed by atoms with Crippen molar-refractivity contribution in [3.8, 4) is 17.1 Å². The van der Waals surface area contributed by atoms with Crippen LogP contribution in [0, 0.1) is 6.92 Å². The largest absolute Gasteiger partial charge is 0.497 e. The van der Waals surface area contributed by atoms with Crippen molar-refractivity contribution >= 4 is 17.0 Å². The third-order valence-corrected chi connectivity index (χ3v) is 5.03. The molecule has 0 aliphatic heterocycles. The van der Waals surface area contributed by atoms with Crippen molar-refractivity contribution < 1.29 is 14.1 Å². The maximum atomic E-state index is 13.2. The minimum atomic E-state index is -0.236. The fourth-order valence-corrected chi connectivity index (χ4v) is 3.35. The molecule has 1 aromatic carbocycles. The molecule has 0 saturated heterocycles. The first-order chi connectivity index (χ1) is 14.5. The van der Waals surface area contributed by atoms with Crippen LogP contribution in [-0.2, 0) is 6.54 Å². The standard InChI is InChI=1S/C22H23N5O3/c1-5-27-10-9-18(25-27)19-12-17(20-14(3)26-30-22(20)24-19)21(28)23-13(2)15-7-6-8-16(11-15)29-4/h6-13H,5H2,1-4H3,(H,23,28)/t13-/m0/s1. The molecule has 1 N–H and O–H groups in total. The Morgan fingerprint density at radius 3 is 2.83 bits per heavy atom. The minimum absolute atomic E-state index is 0.223. The van der Waals surface area contributed by atoms with E-state index in [1.807, 2.05) is 50.4 Å². The van der Waals surface area contributed by atoms with Gasteiger partial charge in [0.2, 0.25) is 0 Å². The van der Waals surface area contributed by atoms with Crippen LogP contribution in [0.1, 0.15) is 41.5 Å². The van der Waals surface area contributed by atoms with Crippen LogP contribution in [0.15, 0.2) is 47.1 Å². The lowest BCUT2D eigenvalue weighted by molar-refractivity contribution is 0.0941. The minimum Gasteiger partial charge on any atom is -0.497 e. The average molecular weight is 405 g/mol. The third kappa shape index (κ3) is 3.63. The maximum Gasteiger partial charge on any atom is 0.259 e. The summed E-state index contributed by atoms with van der Waals surface area (Å²) in [7, 11) is 1.62. The predicted octanol–water partition coefficient (Wildman–Crippen LogP) is 3.91. The topological polar surface area (TPSA) is 95.1 Å². The maximum absolute atomic E-state index is 13.2. The number of carbonyl (C=O) groups is 1. The summed E-state index contributed by atoms with van der Waals surface area (Å²) in [6.07, 6.45) is 1.87. The summed E-state index contributed by atoms with van der Waals surface area (Å²) in [5.74, 6) is 0.503. The number of ether oxygens (including phenoxy) is 1. The molecule has 0 bridgehead atoms. The van der Waals surface area contributed by atoms with Crippen LogP contribution < -0.4 is 10.1 Å². The molecule has 4 rings (SSSR count). The first-order valence-corrected chi connectivity index (χ1v) is 9.75. The van der Waals surface area contributed by atoms with Gasteiger partial charge in [0, 0.05) is 12.7 Å². The molecule has 0 unspecified atom stereocenters. The molecule has 8 heteroatoms. The molecule has 3 heterocycles. The van der Waals surface area contributed by atoms with E-state index in [1.165, 1.54) is 0 Å². The molecule has 1 atom stereocenters. The van der Waals surface area contributed by atoms with E-state index >= 15 is 0 Å². The molecule has 0 aliphatic carbocycles. The number of benzene rings is 1. The Balaban J connectivity index is 1.71. The van der Waals surface area contributed by atoms with Gasteiger partial charge in [0.25, 0.3) is 11.6 Å². The highest BCUT2D eigenvalue weighted by atomic mass is 16.5. The van der Waals surface area contributed by atoms with E-state index in [0.29, 0.717) is 33.7 Å². The Hall–Kier alpha value is -3.68. The summed E-state index contributed by atoms with van der Waals surface area (Å²) in [5, 5.41) is 12.1. The summed E-state index contributed by atoms with van der Waals surface area (Å²) in [6, 6.07) is 11.0. The van der Waals surface area contributed by atoms with Crippen molar-refractivity contribution in [1.82, 2.24) is 25.2 Å². The van der Waals surface area contributed by atoms with Crippen molar-refractivity contribution in [2.75, 3.05) is 7.11 Å². The van der Waals surface area contributed by atoms with E-state index in [0.717, 1.165) is 17.9 Å². The molecule has 1 amide bonds. The lowest BCUT2D eigenvalue weighted by Crippen LogP contribution is -2.27. The molecule has 30 heavy (non-hydrogen) atoms. The van der Waals surface area contributed by atoms with E-state index in [9.17, 15) is 4.79 Å². The molecule has 4 aromatic rings. The number of amides is 1. The van der Waals surface area contributed by atoms with Gasteiger partial charge in [0.15, 0.2) is 0 Å². The lowest BCUT2D eigenvalue weighted by Gasteiger charge is -2.16. The normalized spacial score (nSPS) is 12.1. The average Bonchev–Trinajstić information content (AvgIpc) is 3.40. The molecular weight excluding hydrogens is 382 g/mol. The van der Waals surface area contributed by atoms with Gasteiger partial charge in [-0.05, 0) is 50.6 Å². The van der Waals surface area contributed by atoms with Gasteiger partial charge in [-0.1, -0.05) is 17.3 Å². The van der Waals surface area contributed by atoms with Crippen molar-refractivity contribution in [2.24, 2.45) is 0 Å². The van der Waals surface area contributed by atoms with Crippen LogP contribution in [0.4, 0.5) is 0 Å². The predicted molar refractivity (Wildman–Crippen MR) is 112 cm³/mol. The zero-order chi connectivity index (χ0) is 21.3. The monoisotopic (exact) mass is 405 g/mol. The first-order valence-electron chi connectivity index (χ1n) is 9.75. The zero-order valence-electron chi connectivity index (χ0n) is 17.3. The van der Waals surface area contributed by atoms with Gasteiger partial charge in [-0.2, -0.15) is 5.10 Å². The van der Waals surface area contributed by atoms with E-state index in [-0.39, 0.29) is 11.9 Å².